The van der Waals surface area contributed by atoms with Crippen LogP contribution in [0, 0.1) is 23.2 Å². The number of fused-ring (bicyclic) bond motifs is 1. The van der Waals surface area contributed by atoms with E-state index in [2.05, 4.69) is 20.8 Å². The molecule has 0 aromatic heterocycles. The van der Waals surface area contributed by atoms with Gasteiger partial charge in [0.15, 0.2) is 0 Å². The Bertz CT molecular complexity index is 271. The number of rotatable bonds is 2. The lowest BCUT2D eigenvalue weighted by molar-refractivity contribution is -0.141. The predicted octanol–water partition coefficient (Wildman–Crippen LogP) is 4.21. The molecule has 1 nitrogen and oxygen atoms in total. The van der Waals surface area contributed by atoms with Gasteiger partial charge in [0.05, 0.1) is 0 Å². The molecule has 0 heterocycles. The molecular weight excluding hydrogens is 196 g/mol. The van der Waals surface area contributed by atoms with E-state index in [9.17, 15) is 4.79 Å². The Labute approximate surface area is 100.0 Å². The van der Waals surface area contributed by atoms with Crippen LogP contribution in [0.4, 0.5) is 0 Å². The first kappa shape index (κ1) is 12.1. The Hall–Kier alpha value is -0.330. The highest BCUT2D eigenvalue weighted by molar-refractivity contribution is 5.85. The molecule has 0 N–H and O–H groups in total. The monoisotopic (exact) mass is 222 g/mol. The Balaban J connectivity index is 2.22. The summed E-state index contributed by atoms with van der Waals surface area (Å²) in [5.41, 5.74) is 0.0462. The van der Waals surface area contributed by atoms with E-state index in [0.717, 1.165) is 31.1 Å². The van der Waals surface area contributed by atoms with Crippen LogP contribution in [-0.4, -0.2) is 5.78 Å². The molecule has 2 rings (SSSR count). The van der Waals surface area contributed by atoms with Crippen molar-refractivity contribution >= 4 is 5.78 Å². The number of hydrogen-bond acceptors (Lipinski definition) is 1. The van der Waals surface area contributed by atoms with Gasteiger partial charge in [0.25, 0.3) is 0 Å². The van der Waals surface area contributed by atoms with Crippen molar-refractivity contribution < 1.29 is 4.79 Å². The van der Waals surface area contributed by atoms with E-state index >= 15 is 0 Å². The van der Waals surface area contributed by atoms with E-state index in [1.54, 1.807) is 0 Å². The quantitative estimate of drug-likeness (QED) is 0.684. The van der Waals surface area contributed by atoms with Crippen molar-refractivity contribution in [3.05, 3.63) is 0 Å². The molecule has 4 atom stereocenters. The third-order valence-corrected chi connectivity index (χ3v) is 5.36. The molecule has 0 saturated heterocycles. The van der Waals surface area contributed by atoms with E-state index in [-0.39, 0.29) is 5.41 Å². The zero-order valence-electron chi connectivity index (χ0n) is 11.1. The second kappa shape index (κ2) is 4.50. The average Bonchev–Trinajstić information content (AvgIpc) is 2.26. The van der Waals surface area contributed by atoms with E-state index in [1.807, 2.05) is 0 Å². The molecule has 2 aliphatic rings. The average molecular weight is 222 g/mol. The molecule has 0 aromatic rings. The van der Waals surface area contributed by atoms with E-state index < -0.39 is 0 Å². The predicted molar refractivity (Wildman–Crippen MR) is 67.3 cm³/mol. The van der Waals surface area contributed by atoms with Gasteiger partial charge in [-0.05, 0) is 43.4 Å². The fourth-order valence-electron chi connectivity index (χ4n) is 4.26. The largest absolute Gasteiger partial charge is 0.299 e. The highest BCUT2D eigenvalue weighted by atomic mass is 16.1. The highest BCUT2D eigenvalue weighted by Crippen LogP contribution is 2.53. The third-order valence-electron chi connectivity index (χ3n) is 5.36. The van der Waals surface area contributed by atoms with Crippen LogP contribution in [-0.2, 0) is 4.79 Å². The molecule has 0 radical (unpaired) electrons. The Morgan fingerprint density at radius 2 is 2.12 bits per heavy atom. The summed E-state index contributed by atoms with van der Waals surface area (Å²) in [4.78, 5) is 12.2. The molecule has 16 heavy (non-hydrogen) atoms. The van der Waals surface area contributed by atoms with Crippen molar-refractivity contribution in [2.24, 2.45) is 23.2 Å². The minimum atomic E-state index is 0.0462. The summed E-state index contributed by atoms with van der Waals surface area (Å²) >= 11 is 0. The summed E-state index contributed by atoms with van der Waals surface area (Å²) in [5, 5.41) is 0. The number of carbonyl (C=O) groups excluding carboxylic acids is 1. The molecule has 2 saturated carbocycles. The second-order valence-corrected chi connectivity index (χ2v) is 6.31. The molecule has 1 heteroatoms. The first-order valence-corrected chi connectivity index (χ1v) is 7.13. The van der Waals surface area contributed by atoms with Crippen LogP contribution >= 0.6 is 0 Å². The Morgan fingerprint density at radius 3 is 2.81 bits per heavy atom. The van der Waals surface area contributed by atoms with Gasteiger partial charge in [-0.2, -0.15) is 0 Å². The summed E-state index contributed by atoms with van der Waals surface area (Å²) in [5.74, 6) is 2.91. The Morgan fingerprint density at radius 1 is 1.38 bits per heavy atom. The lowest BCUT2D eigenvalue weighted by Gasteiger charge is -2.50. The van der Waals surface area contributed by atoms with Crippen molar-refractivity contribution in [1.82, 2.24) is 0 Å². The minimum absolute atomic E-state index is 0.0462. The van der Waals surface area contributed by atoms with Crippen LogP contribution in [0.1, 0.15) is 65.7 Å². The second-order valence-electron chi connectivity index (χ2n) is 6.31. The maximum Gasteiger partial charge on any atom is 0.139 e. The van der Waals surface area contributed by atoms with Gasteiger partial charge in [-0.15, -0.1) is 0 Å². The van der Waals surface area contributed by atoms with E-state index in [4.69, 9.17) is 0 Å². The standard InChI is InChI=1S/C15H26O/c1-4-6-12-11(2)9-10-15(3)13(12)7-5-8-14(15)16/h11-13H,4-10H2,1-3H3/t11?,12-,13+,15+/m0/s1. The summed E-state index contributed by atoms with van der Waals surface area (Å²) in [6.45, 7) is 6.94. The van der Waals surface area contributed by atoms with Crippen molar-refractivity contribution in [3.8, 4) is 0 Å². The van der Waals surface area contributed by atoms with Crippen LogP contribution < -0.4 is 0 Å². The van der Waals surface area contributed by atoms with Gasteiger partial charge in [0.2, 0.25) is 0 Å². The minimum Gasteiger partial charge on any atom is -0.299 e. The molecule has 0 bridgehead atoms. The number of carbonyl (C=O) groups is 1. The smallest absolute Gasteiger partial charge is 0.139 e. The summed E-state index contributed by atoms with van der Waals surface area (Å²) < 4.78 is 0. The van der Waals surface area contributed by atoms with Crippen molar-refractivity contribution in [3.63, 3.8) is 0 Å². The molecule has 2 aliphatic carbocycles. The summed E-state index contributed by atoms with van der Waals surface area (Å²) in [7, 11) is 0. The fraction of sp³-hybridized carbons (Fsp3) is 0.933. The van der Waals surface area contributed by atoms with Gasteiger partial charge in [-0.25, -0.2) is 0 Å². The highest BCUT2D eigenvalue weighted by Gasteiger charge is 2.49. The zero-order valence-corrected chi connectivity index (χ0v) is 11.1. The fourth-order valence-corrected chi connectivity index (χ4v) is 4.26. The maximum absolute atomic E-state index is 12.2. The van der Waals surface area contributed by atoms with Crippen LogP contribution in [0.3, 0.4) is 0 Å². The third kappa shape index (κ3) is 1.83. The van der Waals surface area contributed by atoms with E-state index in [0.29, 0.717) is 11.7 Å². The van der Waals surface area contributed by atoms with Gasteiger partial charge >= 0.3 is 0 Å². The molecule has 0 aliphatic heterocycles. The van der Waals surface area contributed by atoms with Gasteiger partial charge in [0, 0.05) is 11.8 Å². The van der Waals surface area contributed by atoms with E-state index in [1.165, 1.54) is 25.7 Å². The van der Waals surface area contributed by atoms with Gasteiger partial charge < -0.3 is 0 Å². The van der Waals surface area contributed by atoms with Crippen molar-refractivity contribution in [2.45, 2.75) is 65.7 Å². The van der Waals surface area contributed by atoms with Crippen molar-refractivity contribution in [2.75, 3.05) is 0 Å². The molecule has 1 unspecified atom stereocenters. The number of Topliss-reactive ketones (excluding diaryl/α,β-unsaturated/α-hetero) is 1. The Kier molecular flexibility index (Phi) is 3.42. The number of hydrogen-bond donors (Lipinski definition) is 0. The first-order chi connectivity index (χ1) is 7.59. The van der Waals surface area contributed by atoms with Crippen LogP contribution in [0.2, 0.25) is 0 Å². The lowest BCUT2D eigenvalue weighted by atomic mass is 9.53. The molecule has 0 spiro atoms. The lowest BCUT2D eigenvalue weighted by Crippen LogP contribution is -2.48. The SMILES string of the molecule is CCC[C@H]1C(C)CC[C@@]2(C)C(=O)CCC[C@H]12. The van der Waals surface area contributed by atoms with Crippen molar-refractivity contribution in [1.29, 1.82) is 0 Å². The zero-order chi connectivity index (χ0) is 11.8. The van der Waals surface area contributed by atoms with Crippen LogP contribution in [0.15, 0.2) is 0 Å². The molecule has 0 aromatic carbocycles. The normalized spacial score (nSPS) is 44.2. The molecule has 92 valence electrons. The van der Waals surface area contributed by atoms with Gasteiger partial charge in [-0.3, -0.25) is 4.79 Å². The van der Waals surface area contributed by atoms with Crippen LogP contribution in [0.25, 0.3) is 0 Å². The van der Waals surface area contributed by atoms with Gasteiger partial charge in [-0.1, -0.05) is 33.6 Å². The topological polar surface area (TPSA) is 17.1 Å². The first-order valence-electron chi connectivity index (χ1n) is 7.13. The number of ketones is 1. The summed E-state index contributed by atoms with van der Waals surface area (Å²) in [6.07, 6.45) is 8.31. The maximum atomic E-state index is 12.2. The molecule has 2 fully saturated rings. The van der Waals surface area contributed by atoms with Gasteiger partial charge in [0.1, 0.15) is 5.78 Å². The van der Waals surface area contributed by atoms with Crippen LogP contribution in [0.5, 0.6) is 0 Å². The molecular formula is C15H26O. The summed E-state index contributed by atoms with van der Waals surface area (Å²) in [6, 6.07) is 0. The molecule has 0 amide bonds.